The van der Waals surface area contributed by atoms with Gasteiger partial charge in [-0.25, -0.2) is 8.42 Å². The Hall–Kier alpha value is -2.08. The molecular weight excluding hydrogens is 290 g/mol. The summed E-state index contributed by atoms with van der Waals surface area (Å²) in [6.07, 6.45) is 0. The van der Waals surface area contributed by atoms with Crippen molar-refractivity contribution in [1.29, 1.82) is 0 Å². The Morgan fingerprint density at radius 2 is 1.86 bits per heavy atom. The number of sulfone groups is 1. The van der Waals surface area contributed by atoms with Crippen molar-refractivity contribution in [2.45, 2.75) is 18.4 Å². The van der Waals surface area contributed by atoms with Crippen LogP contribution in [0.5, 0.6) is 0 Å². The van der Waals surface area contributed by atoms with Gasteiger partial charge in [-0.05, 0) is 30.2 Å². The van der Waals surface area contributed by atoms with E-state index in [1.54, 1.807) is 6.07 Å². The summed E-state index contributed by atoms with van der Waals surface area (Å²) in [6, 6.07) is 10.3. The van der Waals surface area contributed by atoms with Gasteiger partial charge in [0, 0.05) is 7.05 Å². The molecule has 1 aromatic carbocycles. The van der Waals surface area contributed by atoms with Gasteiger partial charge in [0.05, 0.1) is 5.75 Å². The molecule has 0 saturated heterocycles. The number of rotatable bonds is 5. The van der Waals surface area contributed by atoms with Crippen LogP contribution in [0.4, 0.5) is 0 Å². The average Bonchev–Trinajstić information content (AvgIpc) is 2.88. The minimum Gasteiger partial charge on any atom is -0.455 e. The van der Waals surface area contributed by atoms with E-state index in [0.29, 0.717) is 0 Å². The number of benzene rings is 1. The van der Waals surface area contributed by atoms with Crippen molar-refractivity contribution >= 4 is 15.7 Å². The lowest BCUT2D eigenvalue weighted by Crippen LogP contribution is -2.16. The summed E-state index contributed by atoms with van der Waals surface area (Å²) in [5, 5.41) is 2.42. The molecule has 2 rings (SSSR count). The highest BCUT2D eigenvalue weighted by atomic mass is 32.2. The standard InChI is InChI=1S/C15H17NO4S/c1-11-5-3-4-6-12(11)9-21(18,19)10-13-7-8-14(20-13)15(17)16-2/h3-8H,9-10H2,1-2H3,(H,16,17). The zero-order valence-corrected chi connectivity index (χ0v) is 12.7. The SMILES string of the molecule is CNC(=O)c1ccc(CS(=O)(=O)Cc2ccccc2C)o1. The number of hydrogen-bond donors (Lipinski definition) is 1. The quantitative estimate of drug-likeness (QED) is 0.917. The van der Waals surface area contributed by atoms with Gasteiger partial charge >= 0.3 is 0 Å². The lowest BCUT2D eigenvalue weighted by atomic mass is 10.1. The fourth-order valence-corrected chi connectivity index (χ4v) is 3.47. The maximum absolute atomic E-state index is 12.2. The molecule has 0 unspecified atom stereocenters. The van der Waals surface area contributed by atoms with E-state index < -0.39 is 9.84 Å². The number of aryl methyl sites for hydroxylation is 1. The molecule has 0 aliphatic carbocycles. The maximum Gasteiger partial charge on any atom is 0.286 e. The van der Waals surface area contributed by atoms with Gasteiger partial charge in [-0.3, -0.25) is 4.79 Å². The first-order valence-electron chi connectivity index (χ1n) is 6.47. The molecule has 112 valence electrons. The summed E-state index contributed by atoms with van der Waals surface area (Å²) in [4.78, 5) is 11.4. The molecule has 2 aromatic rings. The molecule has 1 N–H and O–H groups in total. The minimum atomic E-state index is -3.35. The Bertz CT molecular complexity index is 747. The van der Waals surface area contributed by atoms with Crippen molar-refractivity contribution in [3.05, 3.63) is 59.0 Å². The second kappa shape index (κ2) is 6.13. The van der Waals surface area contributed by atoms with Gasteiger partial charge < -0.3 is 9.73 Å². The average molecular weight is 307 g/mol. The molecule has 0 fully saturated rings. The van der Waals surface area contributed by atoms with Gasteiger partial charge in [0.15, 0.2) is 15.6 Å². The highest BCUT2D eigenvalue weighted by molar-refractivity contribution is 7.89. The number of carbonyl (C=O) groups excluding carboxylic acids is 1. The third-order valence-corrected chi connectivity index (χ3v) is 4.59. The Labute approximate surface area is 123 Å². The van der Waals surface area contributed by atoms with Crippen LogP contribution in [0.2, 0.25) is 0 Å². The first kappa shape index (κ1) is 15.3. The van der Waals surface area contributed by atoms with Gasteiger partial charge in [-0.1, -0.05) is 24.3 Å². The van der Waals surface area contributed by atoms with Gasteiger partial charge in [0.25, 0.3) is 5.91 Å². The predicted octanol–water partition coefficient (Wildman–Crippen LogP) is 2.06. The second-order valence-corrected chi connectivity index (χ2v) is 6.87. The summed E-state index contributed by atoms with van der Waals surface area (Å²) < 4.78 is 29.7. The molecule has 5 nitrogen and oxygen atoms in total. The lowest BCUT2D eigenvalue weighted by molar-refractivity contribution is 0.0934. The van der Waals surface area contributed by atoms with E-state index in [1.165, 1.54) is 19.2 Å². The molecule has 0 aliphatic rings. The molecule has 0 aliphatic heterocycles. The Balaban J connectivity index is 2.13. The fraction of sp³-hybridized carbons (Fsp3) is 0.267. The molecular formula is C15H17NO4S. The highest BCUT2D eigenvalue weighted by Crippen LogP contribution is 2.17. The van der Waals surface area contributed by atoms with Crippen LogP contribution >= 0.6 is 0 Å². The van der Waals surface area contributed by atoms with Crippen LogP contribution in [-0.2, 0) is 21.3 Å². The van der Waals surface area contributed by atoms with Crippen molar-refractivity contribution in [3.63, 3.8) is 0 Å². The number of nitrogens with one attached hydrogen (secondary N) is 1. The molecule has 1 aromatic heterocycles. The van der Waals surface area contributed by atoms with Gasteiger partial charge in [0.2, 0.25) is 0 Å². The molecule has 0 saturated carbocycles. The largest absolute Gasteiger partial charge is 0.455 e. The molecule has 21 heavy (non-hydrogen) atoms. The fourth-order valence-electron chi connectivity index (χ4n) is 1.98. The molecule has 0 radical (unpaired) electrons. The molecule has 0 bridgehead atoms. The number of carbonyl (C=O) groups is 1. The summed E-state index contributed by atoms with van der Waals surface area (Å²) in [7, 11) is -1.87. The van der Waals surface area contributed by atoms with Gasteiger partial charge in [-0.2, -0.15) is 0 Å². The summed E-state index contributed by atoms with van der Waals surface area (Å²) >= 11 is 0. The molecule has 1 amide bonds. The number of amides is 1. The maximum atomic E-state index is 12.2. The predicted molar refractivity (Wildman–Crippen MR) is 79.6 cm³/mol. The molecule has 0 spiro atoms. The second-order valence-electron chi connectivity index (χ2n) is 4.80. The van der Waals surface area contributed by atoms with Crippen LogP contribution in [0, 0.1) is 6.92 Å². The van der Waals surface area contributed by atoms with Crippen molar-refractivity contribution in [1.82, 2.24) is 5.32 Å². The first-order chi connectivity index (χ1) is 9.91. The van der Waals surface area contributed by atoms with E-state index in [2.05, 4.69) is 5.32 Å². The van der Waals surface area contributed by atoms with E-state index >= 15 is 0 Å². The van der Waals surface area contributed by atoms with Crippen molar-refractivity contribution < 1.29 is 17.6 Å². The Morgan fingerprint density at radius 3 is 2.52 bits per heavy atom. The Kier molecular flexibility index (Phi) is 4.47. The van der Waals surface area contributed by atoms with E-state index in [-0.39, 0.29) is 28.9 Å². The van der Waals surface area contributed by atoms with E-state index in [1.807, 2.05) is 25.1 Å². The van der Waals surface area contributed by atoms with Crippen molar-refractivity contribution in [2.24, 2.45) is 0 Å². The topological polar surface area (TPSA) is 76.4 Å². The van der Waals surface area contributed by atoms with E-state index in [9.17, 15) is 13.2 Å². The highest BCUT2D eigenvalue weighted by Gasteiger charge is 2.18. The van der Waals surface area contributed by atoms with E-state index in [4.69, 9.17) is 4.42 Å². The van der Waals surface area contributed by atoms with Crippen LogP contribution < -0.4 is 5.32 Å². The normalized spacial score (nSPS) is 11.3. The Morgan fingerprint density at radius 1 is 1.14 bits per heavy atom. The van der Waals surface area contributed by atoms with Crippen LogP contribution in [0.1, 0.15) is 27.4 Å². The van der Waals surface area contributed by atoms with Crippen LogP contribution in [-0.4, -0.2) is 21.4 Å². The van der Waals surface area contributed by atoms with Gasteiger partial charge in [0.1, 0.15) is 11.5 Å². The van der Waals surface area contributed by atoms with Crippen LogP contribution in [0.25, 0.3) is 0 Å². The molecule has 1 heterocycles. The third kappa shape index (κ3) is 3.95. The number of hydrogen-bond acceptors (Lipinski definition) is 4. The summed E-state index contributed by atoms with van der Waals surface area (Å²) in [6.45, 7) is 1.88. The van der Waals surface area contributed by atoms with Crippen molar-refractivity contribution in [2.75, 3.05) is 7.05 Å². The molecule has 0 atom stereocenters. The third-order valence-electron chi connectivity index (χ3n) is 3.11. The van der Waals surface area contributed by atoms with Crippen LogP contribution in [0.15, 0.2) is 40.8 Å². The van der Waals surface area contributed by atoms with Crippen molar-refractivity contribution in [3.8, 4) is 0 Å². The molecule has 6 heteroatoms. The monoisotopic (exact) mass is 307 g/mol. The van der Waals surface area contributed by atoms with Crippen LogP contribution in [0.3, 0.4) is 0 Å². The zero-order chi connectivity index (χ0) is 15.5. The number of furan rings is 1. The summed E-state index contributed by atoms with van der Waals surface area (Å²) in [5.41, 5.74) is 1.71. The summed E-state index contributed by atoms with van der Waals surface area (Å²) in [5.74, 6) is -0.271. The smallest absolute Gasteiger partial charge is 0.286 e. The first-order valence-corrected chi connectivity index (χ1v) is 8.29. The minimum absolute atomic E-state index is 0.0460. The van der Waals surface area contributed by atoms with E-state index in [0.717, 1.165) is 11.1 Å². The van der Waals surface area contributed by atoms with Gasteiger partial charge in [-0.15, -0.1) is 0 Å². The lowest BCUT2D eigenvalue weighted by Gasteiger charge is -2.06. The zero-order valence-electron chi connectivity index (χ0n) is 11.9.